The standard InChI is InChI=1S/C15H24ClN3S/c1-2-14(15-17-12(9-16)11-20-15)19-8-4-7-18-6-3-5-13(18)10-19/h11,13-14H,2-10H2,1H3. The van der Waals surface area contributed by atoms with Gasteiger partial charge in [-0.25, -0.2) is 4.98 Å². The fourth-order valence-corrected chi connectivity index (χ4v) is 4.91. The molecular weight excluding hydrogens is 290 g/mol. The fourth-order valence-electron chi connectivity index (χ4n) is 3.64. The van der Waals surface area contributed by atoms with E-state index < -0.39 is 0 Å². The zero-order valence-corrected chi connectivity index (χ0v) is 13.8. The summed E-state index contributed by atoms with van der Waals surface area (Å²) in [7, 11) is 0. The number of halogens is 1. The van der Waals surface area contributed by atoms with Gasteiger partial charge in [0, 0.05) is 24.5 Å². The topological polar surface area (TPSA) is 19.4 Å². The first-order valence-electron chi connectivity index (χ1n) is 7.80. The fraction of sp³-hybridized carbons (Fsp3) is 0.800. The number of alkyl halides is 1. The second kappa shape index (κ2) is 6.73. The van der Waals surface area contributed by atoms with E-state index in [-0.39, 0.29) is 0 Å². The number of hydrogen-bond donors (Lipinski definition) is 0. The van der Waals surface area contributed by atoms with Crippen LogP contribution >= 0.6 is 22.9 Å². The predicted molar refractivity (Wildman–Crippen MR) is 85.5 cm³/mol. The first kappa shape index (κ1) is 14.8. The van der Waals surface area contributed by atoms with Crippen molar-refractivity contribution in [3.8, 4) is 0 Å². The average molecular weight is 314 g/mol. The molecule has 0 radical (unpaired) electrons. The molecule has 0 bridgehead atoms. The number of nitrogens with zero attached hydrogens (tertiary/aromatic N) is 3. The normalized spacial score (nSPS) is 26.4. The number of hydrogen-bond acceptors (Lipinski definition) is 4. The highest BCUT2D eigenvalue weighted by molar-refractivity contribution is 7.09. The van der Waals surface area contributed by atoms with Gasteiger partial charge in [-0.15, -0.1) is 22.9 Å². The lowest BCUT2D eigenvalue weighted by Gasteiger charge is -2.31. The Labute approximate surface area is 130 Å². The molecule has 20 heavy (non-hydrogen) atoms. The Morgan fingerprint density at radius 1 is 1.40 bits per heavy atom. The van der Waals surface area contributed by atoms with E-state index in [1.54, 1.807) is 11.3 Å². The molecule has 2 unspecified atom stereocenters. The third-order valence-corrected chi connectivity index (χ3v) is 5.92. The van der Waals surface area contributed by atoms with Crippen LogP contribution in [0.15, 0.2) is 5.38 Å². The van der Waals surface area contributed by atoms with E-state index in [2.05, 4.69) is 22.1 Å². The van der Waals surface area contributed by atoms with Crippen LogP contribution in [0, 0.1) is 0 Å². The van der Waals surface area contributed by atoms with Gasteiger partial charge < -0.3 is 0 Å². The van der Waals surface area contributed by atoms with Crippen molar-refractivity contribution >= 4 is 22.9 Å². The number of thiazole rings is 1. The molecule has 3 heterocycles. The lowest BCUT2D eigenvalue weighted by atomic mass is 10.1. The van der Waals surface area contributed by atoms with Crippen molar-refractivity contribution in [2.24, 2.45) is 0 Å². The lowest BCUT2D eigenvalue weighted by Crippen LogP contribution is -2.38. The van der Waals surface area contributed by atoms with Crippen molar-refractivity contribution in [3.63, 3.8) is 0 Å². The molecule has 5 heteroatoms. The van der Waals surface area contributed by atoms with Crippen LogP contribution in [0.4, 0.5) is 0 Å². The van der Waals surface area contributed by atoms with Gasteiger partial charge in [-0.3, -0.25) is 9.80 Å². The minimum atomic E-state index is 0.484. The maximum Gasteiger partial charge on any atom is 0.110 e. The Morgan fingerprint density at radius 3 is 3.00 bits per heavy atom. The zero-order valence-electron chi connectivity index (χ0n) is 12.2. The summed E-state index contributed by atoms with van der Waals surface area (Å²) >= 11 is 7.68. The summed E-state index contributed by atoms with van der Waals surface area (Å²) in [6, 6.07) is 1.26. The Bertz CT molecular complexity index is 437. The van der Waals surface area contributed by atoms with Crippen LogP contribution in [0.2, 0.25) is 0 Å². The quantitative estimate of drug-likeness (QED) is 0.793. The smallest absolute Gasteiger partial charge is 0.110 e. The molecule has 2 atom stereocenters. The molecular formula is C15H24ClN3S. The summed E-state index contributed by atoms with van der Waals surface area (Å²) in [6.07, 6.45) is 5.18. The second-order valence-corrected chi connectivity index (χ2v) is 7.07. The van der Waals surface area contributed by atoms with Crippen molar-refractivity contribution in [1.29, 1.82) is 0 Å². The molecule has 0 N–H and O–H groups in total. The number of fused-ring (bicyclic) bond motifs is 1. The summed E-state index contributed by atoms with van der Waals surface area (Å²) in [4.78, 5) is 10.1. The Kier molecular flexibility index (Phi) is 4.97. The Morgan fingerprint density at radius 2 is 2.25 bits per heavy atom. The van der Waals surface area contributed by atoms with Crippen LogP contribution < -0.4 is 0 Å². The van der Waals surface area contributed by atoms with Gasteiger partial charge in [-0.05, 0) is 38.8 Å². The molecule has 2 aliphatic heterocycles. The molecule has 1 aromatic heterocycles. The van der Waals surface area contributed by atoms with E-state index in [0.717, 1.165) is 18.2 Å². The van der Waals surface area contributed by atoms with E-state index in [9.17, 15) is 0 Å². The predicted octanol–water partition coefficient (Wildman–Crippen LogP) is 3.50. The van der Waals surface area contributed by atoms with E-state index in [4.69, 9.17) is 16.6 Å². The van der Waals surface area contributed by atoms with E-state index >= 15 is 0 Å². The van der Waals surface area contributed by atoms with Crippen molar-refractivity contribution < 1.29 is 0 Å². The van der Waals surface area contributed by atoms with Gasteiger partial charge >= 0.3 is 0 Å². The van der Waals surface area contributed by atoms with E-state index in [1.165, 1.54) is 50.4 Å². The lowest BCUT2D eigenvalue weighted by molar-refractivity contribution is 0.168. The van der Waals surface area contributed by atoms with Crippen molar-refractivity contribution in [1.82, 2.24) is 14.8 Å². The second-order valence-electron chi connectivity index (χ2n) is 5.92. The molecule has 0 amide bonds. The summed E-state index contributed by atoms with van der Waals surface area (Å²) in [5.74, 6) is 0.531. The first-order valence-corrected chi connectivity index (χ1v) is 9.21. The van der Waals surface area contributed by atoms with Crippen LogP contribution in [-0.2, 0) is 5.88 Å². The number of rotatable bonds is 4. The summed E-state index contributed by atoms with van der Waals surface area (Å²) in [5.41, 5.74) is 1.03. The van der Waals surface area contributed by atoms with Crippen LogP contribution in [0.5, 0.6) is 0 Å². The molecule has 1 aromatic rings. The van der Waals surface area contributed by atoms with Gasteiger partial charge in [-0.1, -0.05) is 6.92 Å². The molecule has 112 valence electrons. The van der Waals surface area contributed by atoms with Crippen molar-refractivity contribution in [2.45, 2.75) is 50.6 Å². The molecule has 3 rings (SSSR count). The Balaban J connectivity index is 1.74. The summed E-state index contributed by atoms with van der Waals surface area (Å²) < 4.78 is 0. The van der Waals surface area contributed by atoms with E-state index in [0.29, 0.717) is 11.9 Å². The first-order chi connectivity index (χ1) is 9.81. The monoisotopic (exact) mass is 313 g/mol. The minimum absolute atomic E-state index is 0.484. The van der Waals surface area contributed by atoms with Crippen LogP contribution in [0.1, 0.15) is 49.4 Å². The molecule has 0 saturated carbocycles. The van der Waals surface area contributed by atoms with Crippen LogP contribution in [0.25, 0.3) is 0 Å². The van der Waals surface area contributed by atoms with Crippen molar-refractivity contribution in [3.05, 3.63) is 16.1 Å². The minimum Gasteiger partial charge on any atom is -0.299 e. The highest BCUT2D eigenvalue weighted by Gasteiger charge is 2.32. The maximum absolute atomic E-state index is 5.90. The molecule has 0 aromatic carbocycles. The third kappa shape index (κ3) is 3.03. The van der Waals surface area contributed by atoms with E-state index in [1.807, 2.05) is 0 Å². The average Bonchev–Trinajstić information content (AvgIpc) is 3.06. The van der Waals surface area contributed by atoms with Gasteiger partial charge in [0.2, 0.25) is 0 Å². The molecule has 0 spiro atoms. The zero-order chi connectivity index (χ0) is 13.9. The van der Waals surface area contributed by atoms with Crippen LogP contribution in [-0.4, -0.2) is 47.0 Å². The highest BCUT2D eigenvalue weighted by atomic mass is 35.5. The van der Waals surface area contributed by atoms with Crippen molar-refractivity contribution in [2.75, 3.05) is 26.2 Å². The SMILES string of the molecule is CCC(c1nc(CCl)cs1)N1CCCN2CCCC2C1. The van der Waals surface area contributed by atoms with Gasteiger partial charge in [0.15, 0.2) is 0 Å². The maximum atomic E-state index is 5.90. The van der Waals surface area contributed by atoms with Gasteiger partial charge in [0.05, 0.1) is 17.6 Å². The molecule has 0 aliphatic carbocycles. The number of aromatic nitrogens is 1. The Hall–Kier alpha value is -0.160. The molecule has 2 aliphatic rings. The molecule has 2 fully saturated rings. The van der Waals surface area contributed by atoms with Gasteiger partial charge in [0.25, 0.3) is 0 Å². The van der Waals surface area contributed by atoms with Gasteiger partial charge in [-0.2, -0.15) is 0 Å². The summed E-state index contributed by atoms with van der Waals surface area (Å²) in [6.45, 7) is 7.30. The summed E-state index contributed by atoms with van der Waals surface area (Å²) in [5, 5.41) is 3.37. The van der Waals surface area contributed by atoms with Crippen LogP contribution in [0.3, 0.4) is 0 Å². The largest absolute Gasteiger partial charge is 0.299 e. The third-order valence-electron chi connectivity index (χ3n) is 4.65. The molecule has 3 nitrogen and oxygen atoms in total. The highest BCUT2D eigenvalue weighted by Crippen LogP contribution is 2.31. The van der Waals surface area contributed by atoms with Gasteiger partial charge in [0.1, 0.15) is 5.01 Å². The molecule has 2 saturated heterocycles.